The number of piperazine rings is 1. The van der Waals surface area contributed by atoms with Crippen molar-refractivity contribution in [3.05, 3.63) is 24.1 Å². The van der Waals surface area contributed by atoms with E-state index >= 15 is 4.39 Å². The van der Waals surface area contributed by atoms with Crippen molar-refractivity contribution in [3.8, 4) is 11.8 Å². The van der Waals surface area contributed by atoms with Gasteiger partial charge in [0, 0.05) is 56.5 Å². The molecule has 1 saturated carbocycles. The highest BCUT2D eigenvalue weighted by atomic mass is 19.1. The van der Waals surface area contributed by atoms with E-state index in [1.54, 1.807) is 6.92 Å². The Bertz CT molecular complexity index is 1080. The molecule has 5 heterocycles. The lowest BCUT2D eigenvalue weighted by Crippen LogP contribution is -2.76. The molecule has 4 saturated heterocycles. The van der Waals surface area contributed by atoms with Crippen LogP contribution in [-0.2, 0) is 9.53 Å². The number of alkyl halides is 1. The highest BCUT2D eigenvalue weighted by Crippen LogP contribution is 2.33. The van der Waals surface area contributed by atoms with Gasteiger partial charge in [-0.25, -0.2) is 9.82 Å². The van der Waals surface area contributed by atoms with Gasteiger partial charge < -0.3 is 9.64 Å². The first-order valence-electron chi connectivity index (χ1n) is 15.3. The summed E-state index contributed by atoms with van der Waals surface area (Å²) in [6.07, 6.45) is 8.69. The van der Waals surface area contributed by atoms with E-state index in [1.807, 2.05) is 35.2 Å². The quantitative estimate of drug-likeness (QED) is 0.246. The molecule has 0 spiro atoms. The summed E-state index contributed by atoms with van der Waals surface area (Å²) in [5, 5.41) is 20.1. The van der Waals surface area contributed by atoms with Gasteiger partial charge in [-0.05, 0) is 57.6 Å². The number of piperidine rings is 1. The minimum Gasteiger partial charge on any atom is -0.490 e. The Morgan fingerprint density at radius 1 is 1.12 bits per heavy atom. The second-order valence-corrected chi connectivity index (χ2v) is 12.3. The molecule has 1 aliphatic carbocycles. The first-order chi connectivity index (χ1) is 19.9. The number of ether oxygens (including phenoxy) is 1. The van der Waals surface area contributed by atoms with Crippen LogP contribution in [0.15, 0.2) is 24.1 Å². The van der Waals surface area contributed by atoms with Crippen molar-refractivity contribution in [2.75, 3.05) is 33.0 Å². The van der Waals surface area contributed by atoms with E-state index in [9.17, 15) is 4.79 Å². The molecule has 5 aliphatic heterocycles. The number of halogens is 1. The predicted octanol–water partition coefficient (Wildman–Crippen LogP) is -0.318. The van der Waals surface area contributed by atoms with Gasteiger partial charge in [-0.2, -0.15) is 0 Å². The Labute approximate surface area is 243 Å². The number of allylic oxidation sites excluding steroid dienone is 1. The average molecular weight is 572 g/mol. The van der Waals surface area contributed by atoms with Crippen LogP contribution in [0.25, 0.3) is 0 Å². The lowest BCUT2D eigenvalue weighted by Gasteiger charge is -2.51. The number of hydrogen-bond donors (Lipinski definition) is 6. The van der Waals surface area contributed by atoms with E-state index in [4.69, 9.17) is 4.74 Å². The fraction of sp³-hybridized carbons (Fsp3) is 0.759. The first-order valence-corrected chi connectivity index (χ1v) is 15.3. The van der Waals surface area contributed by atoms with E-state index < -0.39 is 6.17 Å². The summed E-state index contributed by atoms with van der Waals surface area (Å²) in [6.45, 7) is 9.52. The van der Waals surface area contributed by atoms with Crippen molar-refractivity contribution >= 4 is 5.91 Å². The molecule has 226 valence electrons. The molecule has 0 bridgehead atoms. The van der Waals surface area contributed by atoms with Crippen molar-refractivity contribution in [1.82, 2.24) is 46.8 Å². The minimum absolute atomic E-state index is 0.0343. The Balaban J connectivity index is 1.04. The molecule has 1 amide bonds. The first kappa shape index (κ1) is 28.9. The largest absolute Gasteiger partial charge is 0.490 e. The van der Waals surface area contributed by atoms with Crippen LogP contribution in [0.3, 0.4) is 0 Å². The molecule has 6 N–H and O–H groups in total. The third-order valence-corrected chi connectivity index (χ3v) is 9.72. The Kier molecular flexibility index (Phi) is 8.83. The van der Waals surface area contributed by atoms with Crippen LogP contribution in [0, 0.1) is 17.8 Å². The summed E-state index contributed by atoms with van der Waals surface area (Å²) in [4.78, 5) is 16.7. The minimum atomic E-state index is -1.00. The Morgan fingerprint density at radius 2 is 2.00 bits per heavy atom. The van der Waals surface area contributed by atoms with Gasteiger partial charge in [-0.3, -0.25) is 41.3 Å². The highest BCUT2D eigenvalue weighted by Gasteiger charge is 2.44. The number of hydrazine groups is 1. The second kappa shape index (κ2) is 12.6. The van der Waals surface area contributed by atoms with E-state index in [0.29, 0.717) is 25.9 Å². The molecule has 11 nitrogen and oxygen atoms in total. The average Bonchev–Trinajstić information content (AvgIpc) is 3.45. The second-order valence-electron chi connectivity index (χ2n) is 12.3. The SMILES string of the molecule is CC#CC(=O)N1CCN(C2CCC3NCNC(NC4CCC(OC5=CC6NCNN6C=C5)C(C)C4F)C3N2)C[C@H]1C. The van der Waals surface area contributed by atoms with E-state index in [-0.39, 0.29) is 54.6 Å². The number of hydrogen-bond acceptors (Lipinski definition) is 10. The molecule has 10 atom stereocenters. The molecule has 5 fully saturated rings. The van der Waals surface area contributed by atoms with Crippen LogP contribution < -0.4 is 32.0 Å². The van der Waals surface area contributed by atoms with Crippen LogP contribution in [0.1, 0.15) is 46.5 Å². The molecule has 0 aromatic heterocycles. The standard InChI is InChI=1S/C29H46FN9O2/c1-4-5-26(40)38-13-12-37(15-18(38)2)24-9-7-22-28(36-24)29(33-16-31-22)35-21-6-8-23(19(3)27(21)30)41-20-10-11-39-25(14-20)32-17-34-39/h10-11,14,18-19,21-25,27-29,31-36H,6-9,12-13,15-17H2,1-3H3/t18-,19?,21?,22?,23?,24?,25?,27?,28?,29?/m1/s1. The van der Waals surface area contributed by atoms with Gasteiger partial charge in [-0.1, -0.05) is 12.8 Å². The predicted molar refractivity (Wildman–Crippen MR) is 154 cm³/mol. The zero-order valence-corrected chi connectivity index (χ0v) is 24.4. The van der Waals surface area contributed by atoms with Crippen LogP contribution in [0.4, 0.5) is 4.39 Å². The van der Waals surface area contributed by atoms with Crippen LogP contribution >= 0.6 is 0 Å². The molecular weight excluding hydrogens is 525 g/mol. The molecule has 9 unspecified atom stereocenters. The lowest BCUT2D eigenvalue weighted by atomic mass is 9.82. The summed E-state index contributed by atoms with van der Waals surface area (Å²) in [6, 6.07) is 0.338. The topological polar surface area (TPSA) is 108 Å². The summed E-state index contributed by atoms with van der Waals surface area (Å²) >= 11 is 0. The zero-order valence-electron chi connectivity index (χ0n) is 24.4. The van der Waals surface area contributed by atoms with Crippen molar-refractivity contribution in [2.45, 2.75) is 101 Å². The number of carbonyl (C=O) groups is 1. The molecule has 0 aromatic rings. The number of nitrogens with one attached hydrogen (secondary N) is 6. The number of nitrogens with zero attached hydrogens (tertiary/aromatic N) is 3. The maximum absolute atomic E-state index is 15.9. The van der Waals surface area contributed by atoms with Crippen molar-refractivity contribution in [2.24, 2.45) is 5.92 Å². The smallest absolute Gasteiger partial charge is 0.298 e. The van der Waals surface area contributed by atoms with Crippen LogP contribution in [0.2, 0.25) is 0 Å². The summed E-state index contributed by atoms with van der Waals surface area (Å²) in [5.74, 6) is 5.92. The molecule has 0 radical (unpaired) electrons. The number of fused-ring (bicyclic) bond motifs is 2. The summed E-state index contributed by atoms with van der Waals surface area (Å²) in [5.41, 5.74) is 3.23. The van der Waals surface area contributed by atoms with E-state index in [0.717, 1.165) is 44.5 Å². The molecule has 6 aliphatic rings. The zero-order chi connectivity index (χ0) is 28.5. The van der Waals surface area contributed by atoms with Gasteiger partial charge in [0.1, 0.15) is 24.2 Å². The highest BCUT2D eigenvalue weighted by molar-refractivity contribution is 5.93. The van der Waals surface area contributed by atoms with Crippen molar-refractivity contribution in [3.63, 3.8) is 0 Å². The van der Waals surface area contributed by atoms with Gasteiger partial charge in [0.05, 0.1) is 25.0 Å². The van der Waals surface area contributed by atoms with Gasteiger partial charge in [0.2, 0.25) is 0 Å². The molecule has 6 rings (SSSR count). The maximum atomic E-state index is 15.9. The molecule has 12 heteroatoms. The van der Waals surface area contributed by atoms with Gasteiger partial charge in [0.15, 0.2) is 0 Å². The number of carbonyl (C=O) groups excluding carboxylic acids is 1. The Hall–Kier alpha value is -2.24. The maximum Gasteiger partial charge on any atom is 0.298 e. The summed E-state index contributed by atoms with van der Waals surface area (Å²) < 4.78 is 22.2. The number of rotatable bonds is 5. The fourth-order valence-corrected chi connectivity index (χ4v) is 7.37. The van der Waals surface area contributed by atoms with Crippen LogP contribution in [0.5, 0.6) is 0 Å². The van der Waals surface area contributed by atoms with E-state index in [1.165, 1.54) is 0 Å². The fourth-order valence-electron chi connectivity index (χ4n) is 7.37. The van der Waals surface area contributed by atoms with Crippen molar-refractivity contribution in [1.29, 1.82) is 0 Å². The third kappa shape index (κ3) is 6.13. The number of amides is 1. The molecular formula is C29H46FN9O2. The van der Waals surface area contributed by atoms with E-state index in [2.05, 4.69) is 55.7 Å². The lowest BCUT2D eigenvalue weighted by molar-refractivity contribution is -0.130. The third-order valence-electron chi connectivity index (χ3n) is 9.72. The Morgan fingerprint density at radius 3 is 2.83 bits per heavy atom. The van der Waals surface area contributed by atoms with Crippen LogP contribution in [-0.4, -0.2) is 109 Å². The van der Waals surface area contributed by atoms with Gasteiger partial charge in [-0.15, -0.1) is 0 Å². The summed E-state index contributed by atoms with van der Waals surface area (Å²) in [7, 11) is 0. The molecule has 0 aromatic carbocycles. The van der Waals surface area contributed by atoms with Gasteiger partial charge in [0.25, 0.3) is 5.91 Å². The molecule has 41 heavy (non-hydrogen) atoms. The monoisotopic (exact) mass is 571 g/mol. The normalized spacial score (nSPS) is 41.1. The van der Waals surface area contributed by atoms with Gasteiger partial charge >= 0.3 is 0 Å². The van der Waals surface area contributed by atoms with Crippen molar-refractivity contribution < 1.29 is 13.9 Å².